The molecule has 0 aliphatic carbocycles. The third-order valence-corrected chi connectivity index (χ3v) is 4.08. The minimum Gasteiger partial charge on any atom is -0.461 e. The van der Waals surface area contributed by atoms with Gasteiger partial charge in [0.25, 0.3) is 0 Å². The number of carbonyl (C=O) groups is 1. The van der Waals surface area contributed by atoms with Crippen molar-refractivity contribution >= 4 is 18.4 Å². The first kappa shape index (κ1) is 18.4. The van der Waals surface area contributed by atoms with E-state index in [1.54, 1.807) is 13.3 Å². The second kappa shape index (κ2) is 8.28. The van der Waals surface area contributed by atoms with Crippen molar-refractivity contribution in [1.82, 2.24) is 14.9 Å². The first-order valence-corrected chi connectivity index (χ1v) is 7.90. The second-order valence-electron chi connectivity index (χ2n) is 5.56. The summed E-state index contributed by atoms with van der Waals surface area (Å²) in [5.74, 6) is -0.441. The minimum atomic E-state index is -0.469. The van der Waals surface area contributed by atoms with Crippen LogP contribution in [-0.4, -0.2) is 46.4 Å². The number of halogens is 1. The lowest BCUT2D eigenvalue weighted by Crippen LogP contribution is -2.41. The van der Waals surface area contributed by atoms with Gasteiger partial charge in [-0.15, -0.1) is 12.4 Å². The number of piperidine rings is 1. The summed E-state index contributed by atoms with van der Waals surface area (Å²) in [5.41, 5.74) is 1.86. The van der Waals surface area contributed by atoms with Crippen molar-refractivity contribution in [2.24, 2.45) is 0 Å². The Kier molecular flexibility index (Phi) is 6.36. The summed E-state index contributed by atoms with van der Waals surface area (Å²) in [5, 5.41) is 13.6. The highest BCUT2D eigenvalue weighted by Crippen LogP contribution is 2.29. The number of hydrogen-bond acceptors (Lipinski definition) is 5. The molecule has 1 aliphatic heterocycles. The SMILES string of the molecule is CCOC(=O)c1ncn([C@@H]2CNCC[C@H]2O)c1-c1ccccc1.Cl. The molecule has 7 heteroatoms. The van der Waals surface area contributed by atoms with Crippen LogP contribution < -0.4 is 5.32 Å². The Hall–Kier alpha value is -1.89. The zero-order chi connectivity index (χ0) is 16.2. The number of carbonyl (C=O) groups excluding carboxylic acids is 1. The Morgan fingerprint density at radius 3 is 2.83 bits per heavy atom. The molecule has 0 amide bonds. The normalized spacial score (nSPS) is 20.2. The number of hydrogen-bond donors (Lipinski definition) is 2. The maximum Gasteiger partial charge on any atom is 0.359 e. The predicted octanol–water partition coefficient (Wildman–Crippen LogP) is 2.04. The van der Waals surface area contributed by atoms with Crippen LogP contribution in [0.4, 0.5) is 0 Å². The highest BCUT2D eigenvalue weighted by molar-refractivity contribution is 5.94. The van der Waals surface area contributed by atoms with Crippen molar-refractivity contribution in [3.05, 3.63) is 42.4 Å². The quantitative estimate of drug-likeness (QED) is 0.824. The number of aliphatic hydroxyl groups excluding tert-OH is 1. The summed E-state index contributed by atoms with van der Waals surface area (Å²) in [6, 6.07) is 9.45. The standard InChI is InChI=1S/C17H21N3O3.ClH/c1-2-23-17(22)15-16(12-6-4-3-5-7-12)20(11-19-15)13-10-18-9-8-14(13)21;/h3-7,11,13-14,18,21H,2,8-10H2,1H3;1H/t13-,14-;/m1./s1. The Balaban J connectivity index is 0.00000208. The van der Waals surface area contributed by atoms with Crippen LogP contribution >= 0.6 is 12.4 Å². The van der Waals surface area contributed by atoms with E-state index in [-0.39, 0.29) is 24.1 Å². The van der Waals surface area contributed by atoms with Gasteiger partial charge in [-0.3, -0.25) is 0 Å². The molecule has 2 atom stereocenters. The van der Waals surface area contributed by atoms with E-state index in [0.29, 0.717) is 25.3 Å². The van der Waals surface area contributed by atoms with E-state index in [0.717, 1.165) is 12.1 Å². The Morgan fingerprint density at radius 2 is 2.17 bits per heavy atom. The van der Waals surface area contributed by atoms with Crippen LogP contribution in [0.1, 0.15) is 29.9 Å². The van der Waals surface area contributed by atoms with Gasteiger partial charge < -0.3 is 19.7 Å². The molecule has 3 rings (SSSR count). The van der Waals surface area contributed by atoms with Crippen LogP contribution in [0.15, 0.2) is 36.7 Å². The van der Waals surface area contributed by atoms with Gasteiger partial charge in [0.15, 0.2) is 5.69 Å². The van der Waals surface area contributed by atoms with Gasteiger partial charge in [-0.2, -0.15) is 0 Å². The first-order chi connectivity index (χ1) is 11.2. The molecule has 1 aliphatic rings. The second-order valence-corrected chi connectivity index (χ2v) is 5.56. The molecule has 1 aromatic carbocycles. The number of benzene rings is 1. The van der Waals surface area contributed by atoms with Crippen molar-refractivity contribution in [3.63, 3.8) is 0 Å². The molecule has 130 valence electrons. The molecule has 24 heavy (non-hydrogen) atoms. The maximum absolute atomic E-state index is 12.2. The zero-order valence-electron chi connectivity index (χ0n) is 13.5. The summed E-state index contributed by atoms with van der Waals surface area (Å²) in [4.78, 5) is 16.5. The Morgan fingerprint density at radius 1 is 1.42 bits per heavy atom. The summed E-state index contributed by atoms with van der Waals surface area (Å²) in [6.45, 7) is 3.50. The van der Waals surface area contributed by atoms with Crippen LogP contribution in [-0.2, 0) is 4.74 Å². The first-order valence-electron chi connectivity index (χ1n) is 7.90. The van der Waals surface area contributed by atoms with E-state index in [1.165, 1.54) is 0 Å². The third-order valence-electron chi connectivity index (χ3n) is 4.08. The molecule has 1 aromatic heterocycles. The molecule has 1 saturated heterocycles. The lowest BCUT2D eigenvalue weighted by atomic mass is 10.0. The van der Waals surface area contributed by atoms with Crippen LogP contribution in [0.3, 0.4) is 0 Å². The number of aliphatic hydroxyl groups is 1. The third kappa shape index (κ3) is 3.61. The fourth-order valence-electron chi connectivity index (χ4n) is 2.96. The molecule has 0 bridgehead atoms. The van der Waals surface area contributed by atoms with Gasteiger partial charge in [0.2, 0.25) is 0 Å². The molecular formula is C17H22ClN3O3. The molecule has 0 saturated carbocycles. The van der Waals surface area contributed by atoms with E-state index >= 15 is 0 Å². The number of esters is 1. The maximum atomic E-state index is 12.2. The van der Waals surface area contributed by atoms with Crippen molar-refractivity contribution in [1.29, 1.82) is 0 Å². The predicted molar refractivity (Wildman–Crippen MR) is 93.4 cm³/mol. The highest BCUT2D eigenvalue weighted by atomic mass is 35.5. The largest absolute Gasteiger partial charge is 0.461 e. The topological polar surface area (TPSA) is 76.4 Å². The molecule has 0 radical (unpaired) electrons. The number of nitrogens with zero attached hydrogens (tertiary/aromatic N) is 2. The van der Waals surface area contributed by atoms with E-state index in [9.17, 15) is 9.90 Å². The van der Waals surface area contributed by atoms with Crippen molar-refractivity contribution in [3.8, 4) is 11.3 Å². The van der Waals surface area contributed by atoms with Gasteiger partial charge in [-0.1, -0.05) is 30.3 Å². The Labute approximate surface area is 147 Å². The number of nitrogens with one attached hydrogen (secondary N) is 1. The molecule has 2 heterocycles. The molecule has 1 fully saturated rings. The summed E-state index contributed by atoms with van der Waals surface area (Å²) in [7, 11) is 0. The van der Waals surface area contributed by atoms with Crippen molar-refractivity contribution in [2.45, 2.75) is 25.5 Å². The van der Waals surface area contributed by atoms with Gasteiger partial charge in [0, 0.05) is 12.1 Å². The number of imidazole rings is 1. The number of ether oxygens (including phenoxy) is 1. The van der Waals surface area contributed by atoms with Crippen molar-refractivity contribution in [2.75, 3.05) is 19.7 Å². The lowest BCUT2D eigenvalue weighted by molar-refractivity contribution is 0.0520. The molecular weight excluding hydrogens is 330 g/mol. The lowest BCUT2D eigenvalue weighted by Gasteiger charge is -2.30. The van der Waals surface area contributed by atoms with Gasteiger partial charge in [0.05, 0.1) is 30.8 Å². The monoisotopic (exact) mass is 351 g/mol. The van der Waals surface area contributed by atoms with Crippen LogP contribution in [0, 0.1) is 0 Å². The molecule has 0 unspecified atom stereocenters. The fraction of sp³-hybridized carbons (Fsp3) is 0.412. The summed E-state index contributed by atoms with van der Waals surface area (Å²) >= 11 is 0. The van der Waals surface area contributed by atoms with E-state index in [4.69, 9.17) is 4.74 Å². The zero-order valence-corrected chi connectivity index (χ0v) is 14.3. The van der Waals surface area contributed by atoms with E-state index < -0.39 is 12.1 Å². The summed E-state index contributed by atoms with van der Waals surface area (Å²) < 4.78 is 7.01. The number of rotatable bonds is 4. The van der Waals surface area contributed by atoms with Gasteiger partial charge in [-0.05, 0) is 19.9 Å². The molecule has 6 nitrogen and oxygen atoms in total. The van der Waals surface area contributed by atoms with Crippen molar-refractivity contribution < 1.29 is 14.6 Å². The van der Waals surface area contributed by atoms with Gasteiger partial charge >= 0.3 is 5.97 Å². The number of aromatic nitrogens is 2. The van der Waals surface area contributed by atoms with E-state index in [2.05, 4.69) is 10.3 Å². The van der Waals surface area contributed by atoms with Gasteiger partial charge in [-0.25, -0.2) is 9.78 Å². The molecule has 0 spiro atoms. The molecule has 2 N–H and O–H groups in total. The van der Waals surface area contributed by atoms with Gasteiger partial charge in [0.1, 0.15) is 0 Å². The van der Waals surface area contributed by atoms with Crippen LogP contribution in [0.5, 0.6) is 0 Å². The molecule has 2 aromatic rings. The van der Waals surface area contributed by atoms with Crippen LogP contribution in [0.2, 0.25) is 0 Å². The van der Waals surface area contributed by atoms with Crippen LogP contribution in [0.25, 0.3) is 11.3 Å². The highest BCUT2D eigenvalue weighted by Gasteiger charge is 2.29. The smallest absolute Gasteiger partial charge is 0.359 e. The Bertz CT molecular complexity index is 675. The average Bonchev–Trinajstić information content (AvgIpc) is 3.01. The summed E-state index contributed by atoms with van der Waals surface area (Å²) in [6.07, 6.45) is 1.82. The fourth-order valence-corrected chi connectivity index (χ4v) is 2.96. The minimum absolute atomic E-state index is 0. The van der Waals surface area contributed by atoms with E-state index in [1.807, 2.05) is 34.9 Å². The average molecular weight is 352 g/mol.